The Balaban J connectivity index is 1.39. The van der Waals surface area contributed by atoms with Gasteiger partial charge in [-0.2, -0.15) is 0 Å². The molecule has 1 aromatic carbocycles. The van der Waals surface area contributed by atoms with Crippen LogP contribution in [0.2, 0.25) is 0 Å². The molecule has 1 aliphatic rings. The van der Waals surface area contributed by atoms with Gasteiger partial charge in [0, 0.05) is 30.7 Å². The number of halogens is 1. The number of hydrogen-bond acceptors (Lipinski definition) is 4. The molecule has 0 radical (unpaired) electrons. The second-order valence-corrected chi connectivity index (χ2v) is 7.06. The van der Waals surface area contributed by atoms with Crippen LogP contribution in [0.15, 0.2) is 29.6 Å². The van der Waals surface area contributed by atoms with E-state index >= 15 is 0 Å². The van der Waals surface area contributed by atoms with E-state index in [2.05, 4.69) is 20.5 Å². The molecule has 1 saturated heterocycles. The molecule has 128 valence electrons. The van der Waals surface area contributed by atoms with E-state index < -0.39 is 0 Å². The number of nitrogens with zero attached hydrogens (tertiary/aromatic N) is 2. The molecule has 5 nitrogen and oxygen atoms in total. The minimum atomic E-state index is -0.219. The van der Waals surface area contributed by atoms with Gasteiger partial charge in [-0.05, 0) is 43.5 Å². The molecule has 2 N–H and O–H groups in total. The number of benzene rings is 1. The van der Waals surface area contributed by atoms with Crippen molar-refractivity contribution in [1.29, 1.82) is 0 Å². The lowest BCUT2D eigenvalue weighted by atomic mass is 10.1. The van der Waals surface area contributed by atoms with Crippen molar-refractivity contribution in [3.8, 4) is 0 Å². The van der Waals surface area contributed by atoms with Crippen molar-refractivity contribution in [1.82, 2.24) is 15.6 Å². The van der Waals surface area contributed by atoms with Crippen molar-refractivity contribution >= 4 is 23.1 Å². The predicted molar refractivity (Wildman–Crippen MR) is 93.8 cm³/mol. The summed E-state index contributed by atoms with van der Waals surface area (Å²) in [5, 5.41) is 8.70. The third kappa shape index (κ3) is 4.44. The molecule has 3 rings (SSSR count). The highest BCUT2D eigenvalue weighted by Gasteiger charge is 2.23. The minimum absolute atomic E-state index is 0.166. The number of urea groups is 1. The summed E-state index contributed by atoms with van der Waals surface area (Å²) < 4.78 is 13.0. The van der Waals surface area contributed by atoms with Crippen LogP contribution in [0, 0.1) is 18.7 Å². The monoisotopic (exact) mass is 348 g/mol. The Labute approximate surface area is 144 Å². The number of thiazole rings is 1. The summed E-state index contributed by atoms with van der Waals surface area (Å²) in [5.74, 6) is 0.186. The number of amides is 2. The zero-order valence-electron chi connectivity index (χ0n) is 13.6. The molecule has 24 heavy (non-hydrogen) atoms. The van der Waals surface area contributed by atoms with Gasteiger partial charge in [0.25, 0.3) is 0 Å². The van der Waals surface area contributed by atoms with Gasteiger partial charge in [-0.15, -0.1) is 11.3 Å². The Bertz CT molecular complexity index is 688. The number of aryl methyl sites for hydroxylation is 1. The van der Waals surface area contributed by atoms with Crippen LogP contribution in [0.5, 0.6) is 0 Å². The fourth-order valence-electron chi connectivity index (χ4n) is 2.85. The molecule has 2 aromatic rings. The van der Waals surface area contributed by atoms with Crippen LogP contribution in [-0.2, 0) is 6.54 Å². The molecule has 1 aromatic heterocycles. The highest BCUT2D eigenvalue weighted by atomic mass is 32.1. The van der Waals surface area contributed by atoms with Gasteiger partial charge in [0.1, 0.15) is 5.82 Å². The number of hydrogen-bond donors (Lipinski definition) is 2. The van der Waals surface area contributed by atoms with Gasteiger partial charge in [-0.1, -0.05) is 0 Å². The van der Waals surface area contributed by atoms with Crippen LogP contribution in [-0.4, -0.2) is 30.6 Å². The minimum Gasteiger partial charge on any atom is -0.371 e. The van der Waals surface area contributed by atoms with Gasteiger partial charge in [-0.3, -0.25) is 0 Å². The summed E-state index contributed by atoms with van der Waals surface area (Å²) in [6, 6.07) is 6.39. The molecule has 0 saturated carbocycles. The molecule has 1 fully saturated rings. The van der Waals surface area contributed by atoms with Gasteiger partial charge in [-0.25, -0.2) is 14.2 Å². The van der Waals surface area contributed by atoms with E-state index in [1.165, 1.54) is 12.1 Å². The van der Waals surface area contributed by atoms with Gasteiger partial charge in [0.2, 0.25) is 0 Å². The van der Waals surface area contributed by atoms with Crippen molar-refractivity contribution in [3.63, 3.8) is 0 Å². The molecule has 7 heteroatoms. The standard InChI is InChI=1S/C17H21FN4OS/c1-12-21-15(11-24-12)9-20-17(23)19-8-13-6-7-22(10-13)16-4-2-14(18)3-5-16/h2-5,11,13H,6-10H2,1H3,(H2,19,20,23)/t13-/m0/s1. The molecular weight excluding hydrogens is 327 g/mol. The van der Waals surface area contributed by atoms with E-state index in [1.54, 1.807) is 23.5 Å². The van der Waals surface area contributed by atoms with E-state index in [9.17, 15) is 9.18 Å². The first kappa shape index (κ1) is 16.7. The maximum absolute atomic E-state index is 13.0. The quantitative estimate of drug-likeness (QED) is 0.873. The van der Waals surface area contributed by atoms with Crippen molar-refractivity contribution < 1.29 is 9.18 Å². The molecular formula is C17H21FN4OS. The Morgan fingerprint density at radius 2 is 2.17 bits per heavy atom. The SMILES string of the molecule is Cc1nc(CNC(=O)NC[C@@H]2CCN(c3ccc(F)cc3)C2)cs1. The first-order valence-electron chi connectivity index (χ1n) is 8.03. The normalized spacial score (nSPS) is 17.1. The molecule has 1 atom stereocenters. The molecule has 0 unspecified atom stereocenters. The molecule has 2 amide bonds. The van der Waals surface area contributed by atoms with Gasteiger partial charge < -0.3 is 15.5 Å². The van der Waals surface area contributed by atoms with Gasteiger partial charge in [0.05, 0.1) is 17.2 Å². The number of nitrogens with one attached hydrogen (secondary N) is 2. The van der Waals surface area contributed by atoms with Gasteiger partial charge >= 0.3 is 6.03 Å². The zero-order chi connectivity index (χ0) is 16.9. The maximum Gasteiger partial charge on any atom is 0.315 e. The van der Waals surface area contributed by atoms with Crippen LogP contribution in [0.25, 0.3) is 0 Å². The highest BCUT2D eigenvalue weighted by Crippen LogP contribution is 2.23. The maximum atomic E-state index is 13.0. The van der Waals surface area contributed by atoms with Crippen LogP contribution >= 0.6 is 11.3 Å². The summed E-state index contributed by atoms with van der Waals surface area (Å²) in [6.07, 6.45) is 1.02. The number of aromatic nitrogens is 1. The number of carbonyl (C=O) groups is 1. The zero-order valence-corrected chi connectivity index (χ0v) is 14.4. The smallest absolute Gasteiger partial charge is 0.315 e. The van der Waals surface area contributed by atoms with Gasteiger partial charge in [0.15, 0.2) is 0 Å². The van der Waals surface area contributed by atoms with Crippen molar-refractivity contribution in [2.75, 3.05) is 24.5 Å². The summed E-state index contributed by atoms with van der Waals surface area (Å²) in [4.78, 5) is 18.4. The van der Waals surface area contributed by atoms with E-state index in [1.807, 2.05) is 12.3 Å². The fourth-order valence-corrected chi connectivity index (χ4v) is 3.46. The summed E-state index contributed by atoms with van der Waals surface area (Å²) in [7, 11) is 0. The molecule has 2 heterocycles. The van der Waals surface area contributed by atoms with E-state index in [0.717, 1.165) is 35.9 Å². The number of carbonyl (C=O) groups excluding carboxylic acids is 1. The summed E-state index contributed by atoms with van der Waals surface area (Å²) >= 11 is 1.58. The topological polar surface area (TPSA) is 57.3 Å². The predicted octanol–water partition coefficient (Wildman–Crippen LogP) is 2.92. The number of rotatable bonds is 5. The Morgan fingerprint density at radius 1 is 1.38 bits per heavy atom. The van der Waals surface area contributed by atoms with Crippen LogP contribution in [0.4, 0.5) is 14.9 Å². The second kappa shape index (κ2) is 7.61. The van der Waals surface area contributed by atoms with E-state index in [-0.39, 0.29) is 11.8 Å². The van der Waals surface area contributed by atoms with E-state index in [0.29, 0.717) is 19.0 Å². The summed E-state index contributed by atoms with van der Waals surface area (Å²) in [6.45, 7) is 4.83. The van der Waals surface area contributed by atoms with Crippen LogP contribution in [0.3, 0.4) is 0 Å². The highest BCUT2D eigenvalue weighted by molar-refractivity contribution is 7.09. The third-order valence-corrected chi connectivity index (χ3v) is 4.95. The summed E-state index contributed by atoms with van der Waals surface area (Å²) in [5.41, 5.74) is 1.92. The van der Waals surface area contributed by atoms with Crippen LogP contribution in [0.1, 0.15) is 17.1 Å². The molecule has 0 spiro atoms. The third-order valence-electron chi connectivity index (χ3n) is 4.13. The number of anilines is 1. The second-order valence-electron chi connectivity index (χ2n) is 6.00. The average Bonchev–Trinajstić information content (AvgIpc) is 3.21. The fraction of sp³-hybridized carbons (Fsp3) is 0.412. The lowest BCUT2D eigenvalue weighted by Crippen LogP contribution is -2.38. The van der Waals surface area contributed by atoms with Crippen molar-refractivity contribution in [2.24, 2.45) is 5.92 Å². The average molecular weight is 348 g/mol. The van der Waals surface area contributed by atoms with E-state index in [4.69, 9.17) is 0 Å². The Morgan fingerprint density at radius 3 is 2.88 bits per heavy atom. The Hall–Kier alpha value is -2.15. The first-order chi connectivity index (χ1) is 11.6. The lowest BCUT2D eigenvalue weighted by Gasteiger charge is -2.18. The van der Waals surface area contributed by atoms with Crippen molar-refractivity contribution in [2.45, 2.75) is 19.9 Å². The molecule has 1 aliphatic heterocycles. The Kier molecular flexibility index (Phi) is 5.30. The first-order valence-corrected chi connectivity index (χ1v) is 8.91. The van der Waals surface area contributed by atoms with Crippen molar-refractivity contribution in [3.05, 3.63) is 46.2 Å². The largest absolute Gasteiger partial charge is 0.371 e. The molecule has 0 aliphatic carbocycles. The lowest BCUT2D eigenvalue weighted by molar-refractivity contribution is 0.239. The molecule has 0 bridgehead atoms. The van der Waals surface area contributed by atoms with Crippen LogP contribution < -0.4 is 15.5 Å².